The molecule has 0 fully saturated rings. The minimum absolute atomic E-state index is 0.275. The third-order valence-electron chi connectivity index (χ3n) is 4.16. The Hall–Kier alpha value is -4.05. The van der Waals surface area contributed by atoms with E-state index in [1.165, 1.54) is 22.3 Å². The van der Waals surface area contributed by atoms with E-state index in [1.807, 2.05) is 31.2 Å². The molecule has 30 heavy (non-hydrogen) atoms. The highest BCUT2D eigenvalue weighted by Gasteiger charge is 2.13. The summed E-state index contributed by atoms with van der Waals surface area (Å²) in [6, 6.07) is 17.6. The first-order valence-corrected chi connectivity index (χ1v) is 9.78. The largest absolute Gasteiger partial charge is 0.324 e. The van der Waals surface area contributed by atoms with Gasteiger partial charge in [-0.2, -0.15) is 0 Å². The summed E-state index contributed by atoms with van der Waals surface area (Å²) in [6.07, 6.45) is 1.49. The van der Waals surface area contributed by atoms with Crippen LogP contribution in [0.2, 0.25) is 0 Å². The molecule has 0 aliphatic heterocycles. The number of tetrazole rings is 1. The van der Waals surface area contributed by atoms with Gasteiger partial charge in [0.25, 0.3) is 5.91 Å². The second-order valence-electron chi connectivity index (χ2n) is 6.32. The fourth-order valence-electron chi connectivity index (χ4n) is 2.72. The Morgan fingerprint density at radius 3 is 2.53 bits per heavy atom. The second-order valence-corrected chi connectivity index (χ2v) is 7.40. The predicted octanol–water partition coefficient (Wildman–Crippen LogP) is 3.93. The van der Waals surface area contributed by atoms with Gasteiger partial charge in [0.2, 0.25) is 0 Å². The van der Waals surface area contributed by atoms with E-state index in [0.29, 0.717) is 21.3 Å². The van der Waals surface area contributed by atoms with Gasteiger partial charge in [-0.15, -0.1) is 16.4 Å². The van der Waals surface area contributed by atoms with Gasteiger partial charge in [-0.1, -0.05) is 24.3 Å². The quantitative estimate of drug-likeness (QED) is 0.454. The van der Waals surface area contributed by atoms with E-state index in [9.17, 15) is 9.59 Å². The number of aromatic nitrogens is 4. The van der Waals surface area contributed by atoms with Crippen molar-refractivity contribution < 1.29 is 9.59 Å². The zero-order chi connectivity index (χ0) is 20.9. The fourth-order valence-corrected chi connectivity index (χ4v) is 3.52. The van der Waals surface area contributed by atoms with Crippen LogP contribution in [0.3, 0.4) is 0 Å². The van der Waals surface area contributed by atoms with Crippen LogP contribution in [0.5, 0.6) is 0 Å². The van der Waals surface area contributed by atoms with Crippen LogP contribution >= 0.6 is 11.3 Å². The number of benzene rings is 2. The number of hydrogen-bond acceptors (Lipinski definition) is 6. The highest BCUT2D eigenvalue weighted by molar-refractivity contribution is 7.18. The van der Waals surface area contributed by atoms with Crippen LogP contribution in [0, 0.1) is 6.92 Å². The van der Waals surface area contributed by atoms with Crippen molar-refractivity contribution in [2.45, 2.75) is 6.92 Å². The van der Waals surface area contributed by atoms with Crippen LogP contribution in [0.15, 0.2) is 67.0 Å². The second kappa shape index (κ2) is 8.53. The van der Waals surface area contributed by atoms with E-state index in [-0.39, 0.29) is 11.9 Å². The molecule has 0 unspecified atom stereocenters. The molecular formula is C20H17N7O2S. The molecule has 0 atom stereocenters. The highest BCUT2D eigenvalue weighted by atomic mass is 32.1. The molecule has 2 heterocycles. The SMILES string of the molecule is Cc1ccc(NC(=O)c2ccc(NC(=O)Nc3ccccc3)s2)cc1-n1cnnn1. The van der Waals surface area contributed by atoms with Crippen molar-refractivity contribution in [2.24, 2.45) is 0 Å². The summed E-state index contributed by atoms with van der Waals surface area (Å²) >= 11 is 1.18. The van der Waals surface area contributed by atoms with Gasteiger partial charge in [0, 0.05) is 11.4 Å². The standard InChI is InChI=1S/C20H17N7O2S/c1-13-7-8-15(11-16(13)27-12-21-25-26-27)22-19(28)17-9-10-18(30-17)24-20(29)23-14-5-3-2-4-6-14/h2-12H,1H3,(H,22,28)(H2,23,24,29). The van der Waals surface area contributed by atoms with E-state index in [1.54, 1.807) is 36.4 Å². The van der Waals surface area contributed by atoms with E-state index < -0.39 is 0 Å². The number of para-hydroxylation sites is 1. The molecule has 4 aromatic rings. The van der Waals surface area contributed by atoms with Crippen molar-refractivity contribution in [2.75, 3.05) is 16.0 Å². The average molecular weight is 419 g/mol. The Balaban J connectivity index is 1.41. The lowest BCUT2D eigenvalue weighted by Crippen LogP contribution is -2.18. The maximum atomic E-state index is 12.6. The van der Waals surface area contributed by atoms with Crippen LogP contribution in [-0.2, 0) is 0 Å². The molecule has 4 rings (SSSR count). The third kappa shape index (κ3) is 4.50. The Labute approximate surface area is 175 Å². The molecule has 0 saturated carbocycles. The normalized spacial score (nSPS) is 10.4. The molecule has 3 amide bonds. The van der Waals surface area contributed by atoms with Crippen molar-refractivity contribution >= 4 is 39.7 Å². The number of anilines is 3. The first-order chi connectivity index (χ1) is 14.6. The number of thiophene rings is 1. The van der Waals surface area contributed by atoms with E-state index in [2.05, 4.69) is 31.5 Å². The summed E-state index contributed by atoms with van der Waals surface area (Å²) in [7, 11) is 0. The number of carbonyl (C=O) groups excluding carboxylic acids is 2. The molecule has 0 aliphatic carbocycles. The number of carbonyl (C=O) groups is 2. The predicted molar refractivity (Wildman–Crippen MR) is 115 cm³/mol. The van der Waals surface area contributed by atoms with Gasteiger partial charge in [0.05, 0.1) is 15.6 Å². The van der Waals surface area contributed by atoms with Crippen molar-refractivity contribution in [1.82, 2.24) is 20.2 Å². The summed E-state index contributed by atoms with van der Waals surface area (Å²) in [6.45, 7) is 1.93. The lowest BCUT2D eigenvalue weighted by molar-refractivity contribution is 0.103. The zero-order valence-corrected chi connectivity index (χ0v) is 16.7. The molecule has 2 aromatic heterocycles. The van der Waals surface area contributed by atoms with Crippen molar-refractivity contribution in [1.29, 1.82) is 0 Å². The first kappa shape index (κ1) is 19.3. The van der Waals surface area contributed by atoms with Gasteiger partial charge in [-0.25, -0.2) is 9.48 Å². The molecular weight excluding hydrogens is 402 g/mol. The maximum Gasteiger partial charge on any atom is 0.324 e. The van der Waals surface area contributed by atoms with Gasteiger partial charge < -0.3 is 10.6 Å². The summed E-state index contributed by atoms with van der Waals surface area (Å²) in [4.78, 5) is 25.2. The van der Waals surface area contributed by atoms with Crippen LogP contribution < -0.4 is 16.0 Å². The highest BCUT2D eigenvalue weighted by Crippen LogP contribution is 2.24. The molecule has 0 spiro atoms. The van der Waals surface area contributed by atoms with Gasteiger partial charge in [0.1, 0.15) is 6.33 Å². The lowest BCUT2D eigenvalue weighted by atomic mass is 10.2. The van der Waals surface area contributed by atoms with Crippen LogP contribution in [0.4, 0.5) is 21.2 Å². The van der Waals surface area contributed by atoms with E-state index >= 15 is 0 Å². The van der Waals surface area contributed by atoms with Crippen molar-refractivity contribution in [3.05, 3.63) is 77.4 Å². The van der Waals surface area contributed by atoms with Gasteiger partial charge in [-0.3, -0.25) is 10.1 Å². The summed E-state index contributed by atoms with van der Waals surface area (Å²) in [5, 5.41) is 20.0. The van der Waals surface area contributed by atoms with E-state index in [0.717, 1.165) is 11.3 Å². The van der Waals surface area contributed by atoms with Gasteiger partial charge in [0.15, 0.2) is 0 Å². The number of rotatable bonds is 5. The number of amides is 3. The molecule has 0 aliphatic rings. The molecule has 0 bridgehead atoms. The number of nitrogens with zero attached hydrogens (tertiary/aromatic N) is 4. The average Bonchev–Trinajstić information content (AvgIpc) is 3.42. The summed E-state index contributed by atoms with van der Waals surface area (Å²) in [5.74, 6) is -0.275. The molecule has 0 radical (unpaired) electrons. The number of nitrogens with one attached hydrogen (secondary N) is 3. The molecule has 9 nitrogen and oxygen atoms in total. The number of aryl methyl sites for hydroxylation is 1. The van der Waals surface area contributed by atoms with Gasteiger partial charge >= 0.3 is 6.03 Å². The van der Waals surface area contributed by atoms with Crippen LogP contribution in [-0.4, -0.2) is 32.1 Å². The van der Waals surface area contributed by atoms with Gasteiger partial charge in [-0.05, 0) is 59.3 Å². The zero-order valence-electron chi connectivity index (χ0n) is 15.9. The van der Waals surface area contributed by atoms with Crippen molar-refractivity contribution in [3.63, 3.8) is 0 Å². The molecule has 150 valence electrons. The molecule has 0 saturated heterocycles. The summed E-state index contributed by atoms with van der Waals surface area (Å²) in [5.41, 5.74) is 3.03. The maximum absolute atomic E-state index is 12.6. The number of hydrogen-bond donors (Lipinski definition) is 3. The Morgan fingerprint density at radius 1 is 0.933 bits per heavy atom. The number of urea groups is 1. The monoisotopic (exact) mass is 419 g/mol. The Kier molecular flexibility index (Phi) is 5.48. The molecule has 2 aromatic carbocycles. The minimum Gasteiger partial charge on any atom is -0.321 e. The lowest BCUT2D eigenvalue weighted by Gasteiger charge is -2.09. The fraction of sp³-hybridized carbons (Fsp3) is 0.0500. The van der Waals surface area contributed by atoms with E-state index in [4.69, 9.17) is 0 Å². The van der Waals surface area contributed by atoms with Crippen molar-refractivity contribution in [3.8, 4) is 5.69 Å². The Morgan fingerprint density at radius 2 is 1.77 bits per heavy atom. The summed E-state index contributed by atoms with van der Waals surface area (Å²) < 4.78 is 1.53. The third-order valence-corrected chi connectivity index (χ3v) is 5.16. The minimum atomic E-state index is -0.375. The van der Waals surface area contributed by atoms with Crippen LogP contribution in [0.1, 0.15) is 15.2 Å². The topological polar surface area (TPSA) is 114 Å². The first-order valence-electron chi connectivity index (χ1n) is 8.97. The molecule has 10 heteroatoms. The molecule has 3 N–H and O–H groups in total. The van der Waals surface area contributed by atoms with Crippen LogP contribution in [0.25, 0.3) is 5.69 Å². The smallest absolute Gasteiger partial charge is 0.321 e. The Bertz CT molecular complexity index is 1170.